The molecule has 0 fully saturated rings. The van der Waals surface area contributed by atoms with Crippen LogP contribution in [0, 0.1) is 13.8 Å². The second-order valence-electron chi connectivity index (χ2n) is 6.69. The number of aryl methyl sites for hydroxylation is 2. The first-order valence-corrected chi connectivity index (χ1v) is 10.7. The van der Waals surface area contributed by atoms with Gasteiger partial charge in [0, 0.05) is 18.0 Å². The summed E-state index contributed by atoms with van der Waals surface area (Å²) in [5, 5.41) is 3.89. The SMILES string of the molecule is Cc1ccc(N(CC(=O)NN=Cc2cccnc2)S(=O)(=O)c2ccccc2)c(C)c1. The third kappa shape index (κ3) is 5.09. The number of anilines is 1. The number of carbonyl (C=O) groups excluding carboxylic acids is 1. The van der Waals surface area contributed by atoms with Gasteiger partial charge < -0.3 is 0 Å². The maximum Gasteiger partial charge on any atom is 0.264 e. The number of aromatic nitrogens is 1. The summed E-state index contributed by atoms with van der Waals surface area (Å²) < 4.78 is 27.7. The first kappa shape index (κ1) is 21.2. The number of amides is 1. The van der Waals surface area contributed by atoms with Crippen LogP contribution in [0.3, 0.4) is 0 Å². The molecule has 0 aliphatic carbocycles. The summed E-state index contributed by atoms with van der Waals surface area (Å²) in [5.41, 5.74) is 5.28. The van der Waals surface area contributed by atoms with E-state index >= 15 is 0 Å². The second kappa shape index (κ2) is 9.32. The van der Waals surface area contributed by atoms with Crippen LogP contribution in [0.5, 0.6) is 0 Å². The molecule has 0 radical (unpaired) electrons. The van der Waals surface area contributed by atoms with Crippen molar-refractivity contribution in [2.75, 3.05) is 10.8 Å². The molecule has 0 aliphatic heterocycles. The Bertz CT molecular complexity index is 1150. The summed E-state index contributed by atoms with van der Waals surface area (Å²) in [6, 6.07) is 17.0. The number of hydrogen-bond donors (Lipinski definition) is 1. The van der Waals surface area contributed by atoms with E-state index in [-0.39, 0.29) is 4.90 Å². The molecular weight excluding hydrogens is 400 g/mol. The Hall–Kier alpha value is -3.52. The van der Waals surface area contributed by atoms with E-state index in [0.29, 0.717) is 11.3 Å². The zero-order valence-electron chi connectivity index (χ0n) is 16.7. The molecule has 0 spiro atoms. The third-order valence-electron chi connectivity index (χ3n) is 4.33. The Morgan fingerprint density at radius 1 is 1.10 bits per heavy atom. The molecule has 0 atom stereocenters. The van der Waals surface area contributed by atoms with E-state index in [1.54, 1.807) is 48.8 Å². The predicted molar refractivity (Wildman–Crippen MR) is 117 cm³/mol. The summed E-state index contributed by atoms with van der Waals surface area (Å²) in [6.07, 6.45) is 4.67. The van der Waals surface area contributed by atoms with Gasteiger partial charge in [0.15, 0.2) is 0 Å². The molecule has 0 aliphatic rings. The van der Waals surface area contributed by atoms with Gasteiger partial charge in [-0.15, -0.1) is 0 Å². The predicted octanol–water partition coefficient (Wildman–Crippen LogP) is 3.04. The number of carbonyl (C=O) groups is 1. The van der Waals surface area contributed by atoms with Crippen LogP contribution in [0.1, 0.15) is 16.7 Å². The van der Waals surface area contributed by atoms with Crippen molar-refractivity contribution in [3.8, 4) is 0 Å². The van der Waals surface area contributed by atoms with Gasteiger partial charge in [-0.1, -0.05) is 42.0 Å². The van der Waals surface area contributed by atoms with Crippen molar-refractivity contribution in [2.45, 2.75) is 18.7 Å². The summed E-state index contributed by atoms with van der Waals surface area (Å²) in [6.45, 7) is 3.33. The summed E-state index contributed by atoms with van der Waals surface area (Å²) in [5.74, 6) is -0.561. The minimum Gasteiger partial charge on any atom is -0.271 e. The fourth-order valence-corrected chi connectivity index (χ4v) is 4.41. The largest absolute Gasteiger partial charge is 0.271 e. The van der Waals surface area contributed by atoms with Crippen molar-refractivity contribution < 1.29 is 13.2 Å². The standard InChI is InChI=1S/C22H22N4O3S/c1-17-10-11-21(18(2)13-17)26(30(28,29)20-8-4-3-5-9-20)16-22(27)25-24-15-19-7-6-12-23-14-19/h3-15H,16H2,1-2H3,(H,25,27). The van der Waals surface area contributed by atoms with Gasteiger partial charge in [0.25, 0.3) is 15.9 Å². The van der Waals surface area contributed by atoms with Crippen LogP contribution in [0.25, 0.3) is 0 Å². The maximum atomic E-state index is 13.3. The van der Waals surface area contributed by atoms with E-state index in [2.05, 4.69) is 15.5 Å². The molecule has 1 aromatic heterocycles. The Morgan fingerprint density at radius 3 is 2.53 bits per heavy atom. The summed E-state index contributed by atoms with van der Waals surface area (Å²) >= 11 is 0. The fraction of sp³-hybridized carbons (Fsp3) is 0.136. The van der Waals surface area contributed by atoms with Crippen molar-refractivity contribution in [3.05, 3.63) is 89.7 Å². The quantitative estimate of drug-likeness (QED) is 0.468. The van der Waals surface area contributed by atoms with E-state index in [1.165, 1.54) is 18.3 Å². The lowest BCUT2D eigenvalue weighted by atomic mass is 10.1. The normalized spacial score (nSPS) is 11.4. The van der Waals surface area contributed by atoms with Gasteiger partial charge in [-0.3, -0.25) is 14.1 Å². The van der Waals surface area contributed by atoms with Gasteiger partial charge in [-0.05, 0) is 43.7 Å². The fourth-order valence-electron chi connectivity index (χ4n) is 2.90. The van der Waals surface area contributed by atoms with Crippen LogP contribution in [0.2, 0.25) is 0 Å². The number of nitrogens with zero attached hydrogens (tertiary/aromatic N) is 3. The molecule has 0 bridgehead atoms. The molecule has 3 rings (SSSR count). The van der Waals surface area contributed by atoms with Crippen molar-refractivity contribution in [1.29, 1.82) is 0 Å². The van der Waals surface area contributed by atoms with E-state index in [4.69, 9.17) is 0 Å². The van der Waals surface area contributed by atoms with Crippen molar-refractivity contribution >= 4 is 27.8 Å². The molecule has 0 saturated heterocycles. The number of pyridine rings is 1. The van der Waals surface area contributed by atoms with Crippen LogP contribution >= 0.6 is 0 Å². The lowest BCUT2D eigenvalue weighted by molar-refractivity contribution is -0.119. The van der Waals surface area contributed by atoms with E-state index in [0.717, 1.165) is 15.4 Å². The zero-order valence-corrected chi connectivity index (χ0v) is 17.5. The lowest BCUT2D eigenvalue weighted by Gasteiger charge is -2.25. The topological polar surface area (TPSA) is 91.7 Å². The number of hydrogen-bond acceptors (Lipinski definition) is 5. The number of hydrazone groups is 1. The molecule has 2 aromatic carbocycles. The van der Waals surface area contributed by atoms with Gasteiger partial charge in [0.1, 0.15) is 6.54 Å². The van der Waals surface area contributed by atoms with Crippen LogP contribution in [-0.2, 0) is 14.8 Å². The van der Waals surface area contributed by atoms with E-state index in [9.17, 15) is 13.2 Å². The first-order chi connectivity index (χ1) is 14.4. The van der Waals surface area contributed by atoms with Gasteiger partial charge in [0.05, 0.1) is 16.8 Å². The summed E-state index contributed by atoms with van der Waals surface area (Å²) in [4.78, 5) is 16.6. The first-order valence-electron chi connectivity index (χ1n) is 9.25. The Kier molecular flexibility index (Phi) is 6.58. The molecule has 8 heteroatoms. The number of rotatable bonds is 7. The molecule has 1 heterocycles. The molecule has 1 N–H and O–H groups in total. The van der Waals surface area contributed by atoms with Gasteiger partial charge in [-0.2, -0.15) is 5.10 Å². The minimum absolute atomic E-state index is 0.108. The van der Waals surface area contributed by atoms with Crippen LogP contribution < -0.4 is 9.73 Å². The zero-order chi connectivity index (χ0) is 21.6. The van der Waals surface area contributed by atoms with Gasteiger partial charge >= 0.3 is 0 Å². The van der Waals surface area contributed by atoms with Crippen molar-refractivity contribution in [2.24, 2.45) is 5.10 Å². The van der Waals surface area contributed by atoms with Gasteiger partial charge in [-0.25, -0.2) is 13.8 Å². The molecule has 30 heavy (non-hydrogen) atoms. The Morgan fingerprint density at radius 2 is 1.87 bits per heavy atom. The maximum absolute atomic E-state index is 13.3. The molecule has 1 amide bonds. The van der Waals surface area contributed by atoms with Gasteiger partial charge in [0.2, 0.25) is 0 Å². The highest BCUT2D eigenvalue weighted by Gasteiger charge is 2.28. The summed E-state index contributed by atoms with van der Waals surface area (Å²) in [7, 11) is -3.95. The van der Waals surface area contributed by atoms with Crippen LogP contribution in [0.4, 0.5) is 5.69 Å². The second-order valence-corrected chi connectivity index (χ2v) is 8.56. The highest BCUT2D eigenvalue weighted by molar-refractivity contribution is 7.92. The van der Waals surface area contributed by atoms with E-state index in [1.807, 2.05) is 26.0 Å². The lowest BCUT2D eigenvalue weighted by Crippen LogP contribution is -2.40. The molecule has 0 unspecified atom stereocenters. The number of nitrogens with one attached hydrogen (secondary N) is 1. The number of benzene rings is 2. The molecule has 0 saturated carbocycles. The Balaban J connectivity index is 1.88. The van der Waals surface area contributed by atoms with Crippen LogP contribution in [-0.4, -0.2) is 32.1 Å². The minimum atomic E-state index is -3.95. The molecule has 154 valence electrons. The van der Waals surface area contributed by atoms with Crippen LogP contribution in [0.15, 0.2) is 83.1 Å². The molecular formula is C22H22N4O3S. The highest BCUT2D eigenvalue weighted by Crippen LogP contribution is 2.27. The Labute approximate surface area is 176 Å². The average Bonchev–Trinajstić information content (AvgIpc) is 2.74. The third-order valence-corrected chi connectivity index (χ3v) is 6.10. The molecule has 7 nitrogen and oxygen atoms in total. The van der Waals surface area contributed by atoms with E-state index < -0.39 is 22.5 Å². The highest BCUT2D eigenvalue weighted by atomic mass is 32.2. The smallest absolute Gasteiger partial charge is 0.264 e. The average molecular weight is 423 g/mol. The van der Waals surface area contributed by atoms with Crippen molar-refractivity contribution in [1.82, 2.24) is 10.4 Å². The monoisotopic (exact) mass is 422 g/mol. The number of sulfonamides is 1. The van der Waals surface area contributed by atoms with Crippen molar-refractivity contribution in [3.63, 3.8) is 0 Å². The molecule has 3 aromatic rings.